The van der Waals surface area contributed by atoms with Crippen LogP contribution in [0.2, 0.25) is 0 Å². The second kappa shape index (κ2) is 8.72. The third-order valence-electron chi connectivity index (χ3n) is 3.85. The first-order chi connectivity index (χ1) is 13.6. The molecule has 0 spiro atoms. The van der Waals surface area contributed by atoms with Crippen molar-refractivity contribution in [1.29, 1.82) is 0 Å². The average molecular weight is 380 g/mol. The topological polar surface area (TPSA) is 93.2 Å². The maximum absolute atomic E-state index is 13.7. The molecule has 0 atom stereocenters. The highest BCUT2D eigenvalue weighted by Gasteiger charge is 2.11. The lowest BCUT2D eigenvalue weighted by Gasteiger charge is -2.08. The lowest BCUT2D eigenvalue weighted by molar-refractivity contribution is 0.0600. The number of carbonyl (C=O) groups is 2. The van der Waals surface area contributed by atoms with Crippen LogP contribution < -0.4 is 10.6 Å². The van der Waals surface area contributed by atoms with Gasteiger partial charge in [0.15, 0.2) is 0 Å². The number of nitrogens with one attached hydrogen (secondary N) is 2. The van der Waals surface area contributed by atoms with Crippen molar-refractivity contribution in [2.45, 2.75) is 6.54 Å². The maximum atomic E-state index is 13.7. The van der Waals surface area contributed by atoms with E-state index in [1.807, 2.05) is 0 Å². The monoisotopic (exact) mass is 380 g/mol. The summed E-state index contributed by atoms with van der Waals surface area (Å²) in [6.07, 6.45) is 1.44. The second-order valence-electron chi connectivity index (χ2n) is 5.73. The van der Waals surface area contributed by atoms with Gasteiger partial charge in [-0.3, -0.25) is 4.79 Å². The van der Waals surface area contributed by atoms with Gasteiger partial charge in [-0.25, -0.2) is 19.2 Å². The number of rotatable bonds is 6. The smallest absolute Gasteiger partial charge is 0.337 e. The molecule has 1 heterocycles. The Hall–Kier alpha value is -3.81. The molecule has 0 aliphatic rings. The van der Waals surface area contributed by atoms with Gasteiger partial charge in [-0.15, -0.1) is 0 Å². The van der Waals surface area contributed by atoms with Crippen molar-refractivity contribution in [3.63, 3.8) is 0 Å². The van der Waals surface area contributed by atoms with Crippen molar-refractivity contribution in [3.8, 4) is 0 Å². The Morgan fingerprint density at radius 3 is 2.54 bits per heavy atom. The van der Waals surface area contributed by atoms with Crippen molar-refractivity contribution in [1.82, 2.24) is 9.97 Å². The number of hydrogen-bond acceptors (Lipinski definition) is 6. The molecule has 3 aromatic rings. The molecule has 142 valence electrons. The van der Waals surface area contributed by atoms with E-state index in [4.69, 9.17) is 0 Å². The first kappa shape index (κ1) is 19.0. The number of methoxy groups -OCH3 is 1. The molecule has 0 aliphatic heterocycles. The SMILES string of the molecule is COC(=O)c1ccc(NC(=O)c2ccnc(NCc3ccccc3F)n2)cc1. The van der Waals surface area contributed by atoms with Crippen molar-refractivity contribution < 1.29 is 18.7 Å². The predicted octanol–water partition coefficient (Wildman–Crippen LogP) is 3.27. The summed E-state index contributed by atoms with van der Waals surface area (Å²) in [5.74, 6) is -1.03. The van der Waals surface area contributed by atoms with Gasteiger partial charge >= 0.3 is 5.97 Å². The van der Waals surface area contributed by atoms with E-state index in [0.717, 1.165) is 0 Å². The number of halogens is 1. The Morgan fingerprint density at radius 2 is 1.82 bits per heavy atom. The molecule has 0 saturated carbocycles. The van der Waals surface area contributed by atoms with Crippen LogP contribution in [0.5, 0.6) is 0 Å². The van der Waals surface area contributed by atoms with E-state index < -0.39 is 11.9 Å². The zero-order valence-corrected chi connectivity index (χ0v) is 15.0. The normalized spacial score (nSPS) is 10.2. The number of nitrogens with zero attached hydrogens (tertiary/aromatic N) is 2. The number of carbonyl (C=O) groups excluding carboxylic acids is 2. The fourth-order valence-corrected chi connectivity index (χ4v) is 2.39. The van der Waals surface area contributed by atoms with Crippen molar-refractivity contribution in [3.05, 3.63) is 83.4 Å². The van der Waals surface area contributed by atoms with E-state index in [1.165, 1.54) is 25.4 Å². The number of ether oxygens (including phenoxy) is 1. The van der Waals surface area contributed by atoms with Crippen molar-refractivity contribution in [2.24, 2.45) is 0 Å². The van der Waals surface area contributed by atoms with Crippen LogP contribution in [0, 0.1) is 5.82 Å². The van der Waals surface area contributed by atoms with Gasteiger partial charge in [0.2, 0.25) is 5.95 Å². The minimum atomic E-state index is -0.459. The summed E-state index contributed by atoms with van der Waals surface area (Å²) in [4.78, 5) is 32.0. The van der Waals surface area contributed by atoms with E-state index in [9.17, 15) is 14.0 Å². The van der Waals surface area contributed by atoms with Gasteiger partial charge in [-0.1, -0.05) is 18.2 Å². The first-order valence-electron chi connectivity index (χ1n) is 8.37. The van der Waals surface area contributed by atoms with Crippen LogP contribution in [0.1, 0.15) is 26.4 Å². The van der Waals surface area contributed by atoms with E-state index in [1.54, 1.807) is 42.5 Å². The Balaban J connectivity index is 1.65. The summed E-state index contributed by atoms with van der Waals surface area (Å²) in [6.45, 7) is 0.187. The third kappa shape index (κ3) is 4.67. The van der Waals surface area contributed by atoms with E-state index >= 15 is 0 Å². The van der Waals surface area contributed by atoms with Gasteiger partial charge in [0, 0.05) is 24.0 Å². The Labute approximate surface area is 160 Å². The number of amides is 1. The molecule has 1 amide bonds. The van der Waals surface area contributed by atoms with Crippen LogP contribution in [-0.2, 0) is 11.3 Å². The molecule has 2 aromatic carbocycles. The summed E-state index contributed by atoms with van der Waals surface area (Å²) < 4.78 is 18.3. The second-order valence-corrected chi connectivity index (χ2v) is 5.73. The molecule has 0 unspecified atom stereocenters. The minimum Gasteiger partial charge on any atom is -0.465 e. The molecule has 7 nitrogen and oxygen atoms in total. The van der Waals surface area contributed by atoms with Gasteiger partial charge < -0.3 is 15.4 Å². The summed E-state index contributed by atoms with van der Waals surface area (Å²) in [6, 6.07) is 14.1. The Bertz CT molecular complexity index is 993. The molecule has 0 fully saturated rings. The summed E-state index contributed by atoms with van der Waals surface area (Å²) in [7, 11) is 1.30. The van der Waals surface area contributed by atoms with Crippen LogP contribution in [0.3, 0.4) is 0 Å². The quantitative estimate of drug-likeness (QED) is 0.638. The van der Waals surface area contributed by atoms with E-state index in [2.05, 4.69) is 25.3 Å². The molecule has 28 heavy (non-hydrogen) atoms. The highest BCUT2D eigenvalue weighted by Crippen LogP contribution is 2.13. The fourth-order valence-electron chi connectivity index (χ4n) is 2.39. The first-order valence-corrected chi connectivity index (χ1v) is 8.37. The fraction of sp³-hybridized carbons (Fsp3) is 0.100. The molecular weight excluding hydrogens is 363 g/mol. The average Bonchev–Trinajstić information content (AvgIpc) is 2.73. The summed E-state index contributed by atoms with van der Waals surface area (Å²) in [5, 5.41) is 5.58. The van der Waals surface area contributed by atoms with Crippen LogP contribution in [-0.4, -0.2) is 29.0 Å². The molecular formula is C20H17FN4O3. The van der Waals surface area contributed by atoms with Crippen LogP contribution in [0.4, 0.5) is 16.0 Å². The number of hydrogen-bond donors (Lipinski definition) is 2. The van der Waals surface area contributed by atoms with Gasteiger partial charge in [-0.05, 0) is 36.4 Å². The summed E-state index contributed by atoms with van der Waals surface area (Å²) >= 11 is 0. The van der Waals surface area contributed by atoms with Gasteiger partial charge in [0.05, 0.1) is 12.7 Å². The van der Waals surface area contributed by atoms with Crippen molar-refractivity contribution in [2.75, 3.05) is 17.7 Å². The highest BCUT2D eigenvalue weighted by atomic mass is 19.1. The van der Waals surface area contributed by atoms with Crippen LogP contribution in [0.15, 0.2) is 60.8 Å². The predicted molar refractivity (Wildman–Crippen MR) is 101 cm³/mol. The molecule has 0 bridgehead atoms. The van der Waals surface area contributed by atoms with Gasteiger partial charge in [0.1, 0.15) is 11.5 Å². The molecule has 0 aliphatic carbocycles. The van der Waals surface area contributed by atoms with E-state index in [-0.39, 0.29) is 24.0 Å². The zero-order valence-electron chi connectivity index (χ0n) is 15.0. The van der Waals surface area contributed by atoms with E-state index in [0.29, 0.717) is 16.8 Å². The largest absolute Gasteiger partial charge is 0.465 e. The molecule has 0 radical (unpaired) electrons. The van der Waals surface area contributed by atoms with Gasteiger partial charge in [0.25, 0.3) is 5.91 Å². The highest BCUT2D eigenvalue weighted by molar-refractivity contribution is 6.03. The van der Waals surface area contributed by atoms with Crippen LogP contribution in [0.25, 0.3) is 0 Å². The molecule has 1 aromatic heterocycles. The molecule has 3 rings (SSSR count). The van der Waals surface area contributed by atoms with Gasteiger partial charge in [-0.2, -0.15) is 0 Å². The number of anilines is 2. The number of aromatic nitrogens is 2. The third-order valence-corrected chi connectivity index (χ3v) is 3.85. The molecule has 0 saturated heterocycles. The maximum Gasteiger partial charge on any atom is 0.337 e. The standard InChI is InChI=1S/C20H17FN4O3/c1-28-19(27)13-6-8-15(9-7-13)24-18(26)17-10-11-22-20(25-17)23-12-14-4-2-3-5-16(14)21/h2-11H,12H2,1H3,(H,24,26)(H,22,23,25). The minimum absolute atomic E-state index is 0.142. The number of benzene rings is 2. The van der Waals surface area contributed by atoms with Crippen molar-refractivity contribution >= 4 is 23.5 Å². The zero-order chi connectivity index (χ0) is 19.9. The lowest BCUT2D eigenvalue weighted by atomic mass is 10.2. The Morgan fingerprint density at radius 1 is 1.07 bits per heavy atom. The van der Waals surface area contributed by atoms with Crippen LogP contribution >= 0.6 is 0 Å². The molecule has 2 N–H and O–H groups in total. The Kier molecular flexibility index (Phi) is 5.91. The number of esters is 1. The summed E-state index contributed by atoms with van der Waals surface area (Å²) in [5.41, 5.74) is 1.48. The molecule has 8 heteroatoms. The lowest BCUT2D eigenvalue weighted by Crippen LogP contribution is -2.15.